The van der Waals surface area contributed by atoms with Crippen LogP contribution in [0.25, 0.3) is 0 Å². The van der Waals surface area contributed by atoms with Crippen LogP contribution in [0, 0.1) is 6.92 Å². The number of rotatable bonds is 4. The van der Waals surface area contributed by atoms with Crippen LogP contribution in [0.5, 0.6) is 0 Å². The minimum absolute atomic E-state index is 0.0141. The Morgan fingerprint density at radius 1 is 1.47 bits per heavy atom. The van der Waals surface area contributed by atoms with E-state index < -0.39 is 5.97 Å². The first kappa shape index (κ1) is 14.0. The Kier molecular flexibility index (Phi) is 4.53. The Balaban J connectivity index is 2.79. The third kappa shape index (κ3) is 3.44. The summed E-state index contributed by atoms with van der Waals surface area (Å²) in [4.78, 5) is 28.4. The zero-order valence-corrected chi connectivity index (χ0v) is 11.7. The van der Waals surface area contributed by atoms with Gasteiger partial charge in [-0.05, 0) is 13.8 Å². The van der Waals surface area contributed by atoms with Gasteiger partial charge < -0.3 is 10.0 Å². The first-order valence-electron chi connectivity index (χ1n) is 4.91. The van der Waals surface area contributed by atoms with E-state index in [1.54, 1.807) is 27.9 Å². The Morgan fingerprint density at radius 3 is 2.47 bits per heavy atom. The molecule has 1 heterocycles. The van der Waals surface area contributed by atoms with Crippen LogP contribution in [-0.4, -0.2) is 46.2 Å². The molecule has 0 aromatic carbocycles. The summed E-state index contributed by atoms with van der Waals surface area (Å²) in [6, 6.07) is 0. The summed E-state index contributed by atoms with van der Waals surface area (Å²) >= 11 is 2.39. The van der Waals surface area contributed by atoms with E-state index in [1.165, 1.54) is 16.7 Å². The van der Waals surface area contributed by atoms with Gasteiger partial charge in [0.15, 0.2) is 4.34 Å². The zero-order valence-electron chi connectivity index (χ0n) is 10.1. The van der Waals surface area contributed by atoms with Crippen LogP contribution in [0.2, 0.25) is 0 Å². The predicted octanol–water partition coefficient (Wildman–Crippen LogP) is 1.72. The third-order valence-corrected chi connectivity index (χ3v) is 4.36. The van der Waals surface area contributed by atoms with Gasteiger partial charge in [-0.15, -0.1) is 11.3 Å². The van der Waals surface area contributed by atoms with E-state index in [4.69, 9.17) is 5.11 Å². The van der Waals surface area contributed by atoms with Gasteiger partial charge in [-0.25, -0.2) is 9.78 Å². The lowest BCUT2D eigenvalue weighted by atomic mass is 10.4. The van der Waals surface area contributed by atoms with Gasteiger partial charge in [-0.2, -0.15) is 0 Å². The maximum Gasteiger partial charge on any atom is 0.347 e. The summed E-state index contributed by atoms with van der Waals surface area (Å²) in [5.74, 6) is -0.988. The van der Waals surface area contributed by atoms with Crippen LogP contribution in [0.15, 0.2) is 4.34 Å². The largest absolute Gasteiger partial charge is 0.477 e. The SMILES string of the molecule is Cc1nc(SC(C)C(=O)N(C)C)sc1C(=O)O. The molecule has 0 aliphatic heterocycles. The Labute approximate surface area is 108 Å². The minimum Gasteiger partial charge on any atom is -0.477 e. The normalized spacial score (nSPS) is 12.2. The summed E-state index contributed by atoms with van der Waals surface area (Å²) in [5.41, 5.74) is 0.495. The van der Waals surface area contributed by atoms with Gasteiger partial charge in [0.25, 0.3) is 0 Å². The van der Waals surface area contributed by atoms with Crippen LogP contribution >= 0.6 is 23.1 Å². The van der Waals surface area contributed by atoms with Crippen molar-refractivity contribution in [3.05, 3.63) is 10.6 Å². The van der Waals surface area contributed by atoms with Crippen molar-refractivity contribution in [2.75, 3.05) is 14.1 Å². The number of thioether (sulfide) groups is 1. The number of nitrogens with zero attached hydrogens (tertiary/aromatic N) is 2. The summed E-state index contributed by atoms with van der Waals surface area (Å²) in [7, 11) is 3.38. The molecule has 1 N–H and O–H groups in total. The van der Waals surface area contributed by atoms with Crippen molar-refractivity contribution >= 4 is 35.0 Å². The number of aryl methyl sites for hydroxylation is 1. The Bertz CT molecular complexity index is 443. The summed E-state index contributed by atoms with van der Waals surface area (Å²) < 4.78 is 0.614. The maximum absolute atomic E-state index is 11.6. The number of amides is 1. The number of aromatic carboxylic acids is 1. The second-order valence-electron chi connectivity index (χ2n) is 3.69. The highest BCUT2D eigenvalue weighted by atomic mass is 32.2. The van der Waals surface area contributed by atoms with Gasteiger partial charge in [-0.1, -0.05) is 11.8 Å². The number of aromatic nitrogens is 1. The fourth-order valence-corrected chi connectivity index (χ4v) is 3.50. The molecule has 5 nitrogen and oxygen atoms in total. The van der Waals surface area contributed by atoms with Gasteiger partial charge in [0.05, 0.1) is 10.9 Å². The van der Waals surface area contributed by atoms with E-state index >= 15 is 0 Å². The van der Waals surface area contributed by atoms with E-state index in [0.29, 0.717) is 10.0 Å². The van der Waals surface area contributed by atoms with Crippen molar-refractivity contribution in [3.8, 4) is 0 Å². The smallest absolute Gasteiger partial charge is 0.347 e. The fraction of sp³-hybridized carbons (Fsp3) is 0.500. The van der Waals surface area contributed by atoms with E-state index in [0.717, 1.165) is 11.3 Å². The lowest BCUT2D eigenvalue weighted by molar-refractivity contribution is -0.127. The molecule has 0 spiro atoms. The molecule has 1 aromatic heterocycles. The lowest BCUT2D eigenvalue weighted by Gasteiger charge is -2.14. The van der Waals surface area contributed by atoms with E-state index in [2.05, 4.69) is 4.98 Å². The topological polar surface area (TPSA) is 70.5 Å². The van der Waals surface area contributed by atoms with Crippen molar-refractivity contribution in [1.29, 1.82) is 0 Å². The number of carboxylic acid groups (broad SMARTS) is 1. The van der Waals surface area contributed by atoms with Gasteiger partial charge in [0.1, 0.15) is 4.88 Å². The second-order valence-corrected chi connectivity index (χ2v) is 6.28. The molecule has 1 unspecified atom stereocenters. The third-order valence-electron chi connectivity index (χ3n) is 2.04. The highest BCUT2D eigenvalue weighted by molar-refractivity contribution is 8.02. The summed E-state index contributed by atoms with van der Waals surface area (Å²) in [5, 5.41) is 8.63. The van der Waals surface area contributed by atoms with Crippen molar-refractivity contribution < 1.29 is 14.7 Å². The zero-order chi connectivity index (χ0) is 13.2. The molecule has 7 heteroatoms. The molecule has 0 saturated heterocycles. The average Bonchev–Trinajstić information content (AvgIpc) is 2.58. The van der Waals surface area contributed by atoms with Gasteiger partial charge in [0.2, 0.25) is 5.91 Å². The highest BCUT2D eigenvalue weighted by Crippen LogP contribution is 2.30. The molecule has 0 radical (unpaired) electrons. The van der Waals surface area contributed by atoms with Gasteiger partial charge in [-0.3, -0.25) is 4.79 Å². The van der Waals surface area contributed by atoms with Crippen molar-refractivity contribution in [3.63, 3.8) is 0 Å². The Hall–Kier alpha value is -1.08. The van der Waals surface area contributed by atoms with E-state index in [1.807, 2.05) is 0 Å². The number of carbonyl (C=O) groups is 2. The first-order valence-corrected chi connectivity index (χ1v) is 6.61. The Morgan fingerprint density at radius 2 is 2.06 bits per heavy atom. The molecule has 1 aromatic rings. The minimum atomic E-state index is -0.974. The summed E-state index contributed by atoms with van der Waals surface area (Å²) in [6.07, 6.45) is 0. The molecule has 17 heavy (non-hydrogen) atoms. The van der Waals surface area contributed by atoms with Gasteiger partial charge >= 0.3 is 5.97 Å². The first-order chi connectivity index (χ1) is 7.82. The molecule has 1 amide bonds. The van der Waals surface area contributed by atoms with Crippen LogP contribution in [0.1, 0.15) is 22.3 Å². The average molecular weight is 274 g/mol. The quantitative estimate of drug-likeness (QED) is 0.846. The molecule has 0 bridgehead atoms. The molecule has 1 atom stereocenters. The van der Waals surface area contributed by atoms with Crippen LogP contribution in [-0.2, 0) is 4.79 Å². The molecule has 1 rings (SSSR count). The number of hydrogen-bond donors (Lipinski definition) is 1. The number of carboxylic acids is 1. The fourth-order valence-electron chi connectivity index (χ4n) is 1.19. The molecule has 94 valence electrons. The van der Waals surface area contributed by atoms with Crippen LogP contribution in [0.4, 0.5) is 0 Å². The predicted molar refractivity (Wildman–Crippen MR) is 67.8 cm³/mol. The lowest BCUT2D eigenvalue weighted by Crippen LogP contribution is -2.29. The van der Waals surface area contributed by atoms with Crippen LogP contribution < -0.4 is 0 Å². The number of carbonyl (C=O) groups excluding carboxylic acids is 1. The number of thiazole rings is 1. The van der Waals surface area contributed by atoms with E-state index in [-0.39, 0.29) is 16.0 Å². The second kappa shape index (κ2) is 5.50. The molecular weight excluding hydrogens is 260 g/mol. The van der Waals surface area contributed by atoms with Crippen LogP contribution in [0.3, 0.4) is 0 Å². The van der Waals surface area contributed by atoms with Gasteiger partial charge in [0, 0.05) is 14.1 Å². The van der Waals surface area contributed by atoms with Crippen molar-refractivity contribution in [2.24, 2.45) is 0 Å². The van der Waals surface area contributed by atoms with E-state index in [9.17, 15) is 9.59 Å². The highest BCUT2D eigenvalue weighted by Gasteiger charge is 2.20. The standard InChI is InChI=1S/C10H14N2O3S2/c1-5-7(9(14)15)17-10(11-5)16-6(2)8(13)12(3)4/h6H,1-4H3,(H,14,15). The molecule has 0 saturated carbocycles. The summed E-state index contributed by atoms with van der Waals surface area (Å²) in [6.45, 7) is 3.44. The molecule has 0 aliphatic rings. The molecule has 0 fully saturated rings. The van der Waals surface area contributed by atoms with Crippen molar-refractivity contribution in [2.45, 2.75) is 23.4 Å². The molecule has 0 aliphatic carbocycles. The van der Waals surface area contributed by atoms with Crippen molar-refractivity contribution in [1.82, 2.24) is 9.88 Å². The molecular formula is C10H14N2O3S2. The maximum atomic E-state index is 11.6. The monoisotopic (exact) mass is 274 g/mol. The number of hydrogen-bond acceptors (Lipinski definition) is 5.